The Kier molecular flexibility index (Phi) is 4.33. The van der Waals surface area contributed by atoms with E-state index in [0.29, 0.717) is 17.0 Å². The number of benzene rings is 1. The Hall–Kier alpha value is -2.36. The van der Waals surface area contributed by atoms with Crippen LogP contribution in [0.3, 0.4) is 0 Å². The molecule has 0 saturated carbocycles. The number of rotatable bonds is 3. The molecule has 0 aliphatic rings. The van der Waals surface area contributed by atoms with Crippen LogP contribution in [-0.2, 0) is 0 Å². The van der Waals surface area contributed by atoms with E-state index in [2.05, 4.69) is 27.0 Å². The highest BCUT2D eigenvalue weighted by Gasteiger charge is 2.16. The third-order valence-corrected chi connectivity index (χ3v) is 5.10. The van der Waals surface area contributed by atoms with Gasteiger partial charge in [-0.15, -0.1) is 11.3 Å². The van der Waals surface area contributed by atoms with Crippen LogP contribution < -0.4 is 10.5 Å². The second-order valence-corrected chi connectivity index (χ2v) is 6.58. The molecule has 0 spiro atoms. The standard InChI is InChI=1S/C17H12BrN3OS/c1-22-15-5-3-2-4-11(15)14-7-12(13(8-19)17(20)21-14)16-6-10(18)9-23-16/h2-7,9H,1H3,(H2,20,21). The number of nitrogens with two attached hydrogens (primary N) is 1. The lowest BCUT2D eigenvalue weighted by molar-refractivity contribution is 0.416. The van der Waals surface area contributed by atoms with Crippen molar-refractivity contribution in [1.29, 1.82) is 5.26 Å². The molecule has 0 atom stereocenters. The molecule has 0 bridgehead atoms. The number of hydrogen-bond donors (Lipinski definition) is 1. The summed E-state index contributed by atoms with van der Waals surface area (Å²) >= 11 is 4.98. The van der Waals surface area contributed by atoms with Gasteiger partial charge in [-0.1, -0.05) is 12.1 Å². The first kappa shape index (κ1) is 15.5. The van der Waals surface area contributed by atoms with Crippen molar-refractivity contribution >= 4 is 33.1 Å². The summed E-state index contributed by atoms with van der Waals surface area (Å²) in [4.78, 5) is 5.34. The van der Waals surface area contributed by atoms with Crippen molar-refractivity contribution in [1.82, 2.24) is 4.98 Å². The largest absolute Gasteiger partial charge is 0.496 e. The fourth-order valence-electron chi connectivity index (χ4n) is 2.33. The number of para-hydroxylation sites is 1. The average molecular weight is 386 g/mol. The Balaban J connectivity index is 2.25. The fraction of sp³-hybridized carbons (Fsp3) is 0.0588. The summed E-state index contributed by atoms with van der Waals surface area (Å²) in [5.74, 6) is 0.929. The van der Waals surface area contributed by atoms with Gasteiger partial charge in [-0.3, -0.25) is 0 Å². The van der Waals surface area contributed by atoms with Gasteiger partial charge in [0, 0.05) is 25.9 Å². The molecule has 0 aliphatic carbocycles. The molecule has 0 saturated heterocycles. The number of thiophene rings is 1. The highest BCUT2D eigenvalue weighted by Crippen LogP contribution is 2.37. The summed E-state index contributed by atoms with van der Waals surface area (Å²) in [6, 6.07) is 13.6. The second-order valence-electron chi connectivity index (χ2n) is 4.76. The highest BCUT2D eigenvalue weighted by molar-refractivity contribution is 9.10. The minimum Gasteiger partial charge on any atom is -0.496 e. The molecule has 1 aromatic carbocycles. The molecule has 0 aliphatic heterocycles. The lowest BCUT2D eigenvalue weighted by Crippen LogP contribution is -2.00. The van der Waals surface area contributed by atoms with Crippen molar-refractivity contribution in [3.63, 3.8) is 0 Å². The van der Waals surface area contributed by atoms with E-state index in [0.717, 1.165) is 20.5 Å². The van der Waals surface area contributed by atoms with Crippen LogP contribution in [0.1, 0.15) is 5.56 Å². The molecule has 0 unspecified atom stereocenters. The molecule has 6 heteroatoms. The highest BCUT2D eigenvalue weighted by atomic mass is 79.9. The number of nitrogen functional groups attached to an aromatic ring is 1. The van der Waals surface area contributed by atoms with Gasteiger partial charge in [-0.25, -0.2) is 4.98 Å². The monoisotopic (exact) mass is 385 g/mol. The molecule has 2 heterocycles. The predicted molar refractivity (Wildman–Crippen MR) is 96.4 cm³/mol. The number of methoxy groups -OCH3 is 1. The van der Waals surface area contributed by atoms with Crippen LogP contribution in [0, 0.1) is 11.3 Å². The normalized spacial score (nSPS) is 10.3. The number of pyridine rings is 1. The second kappa shape index (κ2) is 6.41. The molecule has 3 aromatic rings. The number of aromatic nitrogens is 1. The first-order valence-corrected chi connectivity index (χ1v) is 8.39. The van der Waals surface area contributed by atoms with E-state index < -0.39 is 0 Å². The summed E-state index contributed by atoms with van der Waals surface area (Å²) in [7, 11) is 1.61. The Labute approximate surface area is 146 Å². The van der Waals surface area contributed by atoms with E-state index in [1.807, 2.05) is 41.8 Å². The molecule has 2 aromatic heterocycles. The lowest BCUT2D eigenvalue weighted by Gasteiger charge is -2.11. The van der Waals surface area contributed by atoms with E-state index >= 15 is 0 Å². The Morgan fingerprint density at radius 2 is 2.04 bits per heavy atom. The molecular formula is C17H12BrN3OS. The molecule has 0 fully saturated rings. The van der Waals surface area contributed by atoms with Crippen molar-refractivity contribution in [2.75, 3.05) is 12.8 Å². The van der Waals surface area contributed by atoms with E-state index in [1.165, 1.54) is 0 Å². The maximum Gasteiger partial charge on any atom is 0.142 e. The van der Waals surface area contributed by atoms with Crippen LogP contribution >= 0.6 is 27.3 Å². The van der Waals surface area contributed by atoms with Crippen LogP contribution in [0.4, 0.5) is 5.82 Å². The van der Waals surface area contributed by atoms with Crippen LogP contribution in [-0.4, -0.2) is 12.1 Å². The third kappa shape index (κ3) is 2.93. The molecule has 0 radical (unpaired) electrons. The first-order chi connectivity index (χ1) is 11.1. The zero-order valence-electron chi connectivity index (χ0n) is 12.2. The molecular weight excluding hydrogens is 374 g/mol. The summed E-state index contributed by atoms with van der Waals surface area (Å²) in [5, 5.41) is 11.4. The SMILES string of the molecule is COc1ccccc1-c1cc(-c2cc(Br)cs2)c(C#N)c(N)n1. The minimum atomic E-state index is 0.218. The van der Waals surface area contributed by atoms with Crippen LogP contribution in [0.15, 0.2) is 46.3 Å². The van der Waals surface area contributed by atoms with Gasteiger partial charge in [0.2, 0.25) is 0 Å². The maximum absolute atomic E-state index is 9.43. The summed E-state index contributed by atoms with van der Waals surface area (Å²) in [6.07, 6.45) is 0. The number of hydrogen-bond acceptors (Lipinski definition) is 5. The van der Waals surface area contributed by atoms with E-state index in [4.69, 9.17) is 10.5 Å². The Morgan fingerprint density at radius 1 is 1.26 bits per heavy atom. The lowest BCUT2D eigenvalue weighted by atomic mass is 10.0. The van der Waals surface area contributed by atoms with Crippen LogP contribution in [0.5, 0.6) is 5.75 Å². The first-order valence-electron chi connectivity index (χ1n) is 6.72. The average Bonchev–Trinajstić information content (AvgIpc) is 3.00. The molecule has 114 valence electrons. The van der Waals surface area contributed by atoms with Crippen molar-refractivity contribution in [2.45, 2.75) is 0 Å². The third-order valence-electron chi connectivity index (χ3n) is 3.38. The summed E-state index contributed by atoms with van der Waals surface area (Å²) in [6.45, 7) is 0. The van der Waals surface area contributed by atoms with Gasteiger partial charge in [0.1, 0.15) is 23.2 Å². The van der Waals surface area contributed by atoms with Gasteiger partial charge in [-0.05, 0) is 40.2 Å². The molecule has 4 nitrogen and oxygen atoms in total. The van der Waals surface area contributed by atoms with Gasteiger partial charge in [-0.2, -0.15) is 5.26 Å². The summed E-state index contributed by atoms with van der Waals surface area (Å²) in [5.41, 5.74) is 8.70. The molecule has 0 amide bonds. The number of halogens is 1. The van der Waals surface area contributed by atoms with Gasteiger partial charge in [0.15, 0.2) is 0 Å². The summed E-state index contributed by atoms with van der Waals surface area (Å²) < 4.78 is 6.36. The quantitative estimate of drug-likeness (QED) is 0.708. The Morgan fingerprint density at radius 3 is 2.70 bits per heavy atom. The topological polar surface area (TPSA) is 71.9 Å². The van der Waals surface area contributed by atoms with Gasteiger partial charge < -0.3 is 10.5 Å². The zero-order valence-corrected chi connectivity index (χ0v) is 14.6. The van der Waals surface area contributed by atoms with E-state index in [-0.39, 0.29) is 5.82 Å². The Bertz CT molecular complexity index is 914. The van der Waals surface area contributed by atoms with Crippen LogP contribution in [0.2, 0.25) is 0 Å². The van der Waals surface area contributed by atoms with E-state index in [9.17, 15) is 5.26 Å². The maximum atomic E-state index is 9.43. The predicted octanol–water partition coefficient (Wildman–Crippen LogP) is 4.70. The van der Waals surface area contributed by atoms with Crippen molar-refractivity contribution in [3.05, 3.63) is 51.8 Å². The molecule has 2 N–H and O–H groups in total. The van der Waals surface area contributed by atoms with E-state index in [1.54, 1.807) is 18.4 Å². The van der Waals surface area contributed by atoms with Crippen molar-refractivity contribution < 1.29 is 4.74 Å². The molecule has 3 rings (SSSR count). The van der Waals surface area contributed by atoms with Gasteiger partial charge >= 0.3 is 0 Å². The number of nitrogens with zero attached hydrogens (tertiary/aromatic N) is 2. The smallest absolute Gasteiger partial charge is 0.142 e. The van der Waals surface area contributed by atoms with Crippen molar-refractivity contribution in [3.8, 4) is 33.5 Å². The zero-order chi connectivity index (χ0) is 16.4. The number of anilines is 1. The fourth-order valence-corrected chi connectivity index (χ4v) is 3.78. The van der Waals surface area contributed by atoms with Crippen molar-refractivity contribution in [2.24, 2.45) is 0 Å². The van der Waals surface area contributed by atoms with Crippen LogP contribution in [0.25, 0.3) is 21.7 Å². The van der Waals surface area contributed by atoms with Gasteiger partial charge in [0.25, 0.3) is 0 Å². The number of ether oxygens (including phenoxy) is 1. The minimum absolute atomic E-state index is 0.218. The van der Waals surface area contributed by atoms with Gasteiger partial charge in [0.05, 0.1) is 12.8 Å². The molecule has 23 heavy (non-hydrogen) atoms. The number of nitriles is 1.